The minimum atomic E-state index is -0.225. The van der Waals surface area contributed by atoms with Crippen LogP contribution in [0.4, 0.5) is 0 Å². The fourth-order valence-electron chi connectivity index (χ4n) is 4.01. The molecule has 2 aliphatic rings. The molecule has 1 amide bonds. The molecule has 2 rings (SSSR count). The molecule has 0 aromatic rings. The van der Waals surface area contributed by atoms with Crippen LogP contribution in [0.2, 0.25) is 0 Å². The molecule has 0 heterocycles. The fraction of sp³-hybridized carbons (Fsp3) is 0.938. The van der Waals surface area contributed by atoms with E-state index in [-0.39, 0.29) is 5.41 Å². The number of hydrogen-bond acceptors (Lipinski definition) is 2. The van der Waals surface area contributed by atoms with Crippen molar-refractivity contribution in [3.63, 3.8) is 0 Å². The van der Waals surface area contributed by atoms with Crippen LogP contribution in [0.15, 0.2) is 0 Å². The second kappa shape index (κ2) is 5.82. The van der Waals surface area contributed by atoms with Crippen LogP contribution in [0.25, 0.3) is 0 Å². The average Bonchev–Trinajstić information content (AvgIpc) is 2.84. The molecule has 0 radical (unpaired) electrons. The summed E-state index contributed by atoms with van der Waals surface area (Å²) in [6, 6.07) is 0.481. The molecule has 0 bridgehead atoms. The highest BCUT2D eigenvalue weighted by Gasteiger charge is 2.50. The quantitative estimate of drug-likeness (QED) is 0.831. The van der Waals surface area contributed by atoms with Gasteiger partial charge in [0.15, 0.2) is 0 Å². The largest absolute Gasteiger partial charge is 0.339 e. The van der Waals surface area contributed by atoms with Gasteiger partial charge in [-0.05, 0) is 37.5 Å². The van der Waals surface area contributed by atoms with E-state index in [0.717, 1.165) is 19.4 Å². The van der Waals surface area contributed by atoms with Crippen LogP contribution >= 0.6 is 0 Å². The number of carbonyl (C=O) groups excluding carboxylic acids is 1. The second-order valence-corrected chi connectivity index (χ2v) is 7.29. The van der Waals surface area contributed by atoms with Gasteiger partial charge in [0, 0.05) is 19.1 Å². The van der Waals surface area contributed by atoms with Gasteiger partial charge in [-0.15, -0.1) is 0 Å². The number of rotatable bonds is 5. The summed E-state index contributed by atoms with van der Waals surface area (Å²) in [6.45, 7) is 8.06. The monoisotopic (exact) mass is 266 g/mol. The topological polar surface area (TPSA) is 46.3 Å². The van der Waals surface area contributed by atoms with E-state index in [1.807, 2.05) is 0 Å². The standard InChI is InChI=1S/C16H30N2O/c1-12(2)10-18(14-6-4-5-7-14)15(19)16(11-17)8-13(3)9-16/h12-14H,4-11,17H2,1-3H3. The van der Waals surface area contributed by atoms with Crippen molar-refractivity contribution in [2.24, 2.45) is 23.0 Å². The summed E-state index contributed by atoms with van der Waals surface area (Å²) in [5.74, 6) is 1.56. The number of amides is 1. The highest BCUT2D eigenvalue weighted by Crippen LogP contribution is 2.46. The van der Waals surface area contributed by atoms with Crippen LogP contribution in [0.1, 0.15) is 59.3 Å². The third-order valence-electron chi connectivity index (χ3n) is 4.91. The molecule has 0 spiro atoms. The second-order valence-electron chi connectivity index (χ2n) is 7.29. The predicted molar refractivity (Wildman–Crippen MR) is 78.7 cm³/mol. The molecule has 19 heavy (non-hydrogen) atoms. The van der Waals surface area contributed by atoms with Crippen LogP contribution < -0.4 is 5.73 Å². The van der Waals surface area contributed by atoms with Gasteiger partial charge in [0.1, 0.15) is 0 Å². The van der Waals surface area contributed by atoms with Crippen molar-refractivity contribution in [3.05, 3.63) is 0 Å². The maximum atomic E-state index is 13.0. The summed E-state index contributed by atoms with van der Waals surface area (Å²) in [7, 11) is 0. The summed E-state index contributed by atoms with van der Waals surface area (Å²) in [6.07, 6.45) is 6.91. The first kappa shape index (κ1) is 14.8. The number of carbonyl (C=O) groups is 1. The number of nitrogens with two attached hydrogens (primary N) is 1. The van der Waals surface area contributed by atoms with Gasteiger partial charge in [0.2, 0.25) is 5.91 Å². The van der Waals surface area contributed by atoms with Crippen molar-refractivity contribution in [1.82, 2.24) is 4.90 Å². The first-order valence-corrected chi connectivity index (χ1v) is 7.99. The van der Waals surface area contributed by atoms with Crippen molar-refractivity contribution in [2.75, 3.05) is 13.1 Å². The van der Waals surface area contributed by atoms with Gasteiger partial charge in [-0.2, -0.15) is 0 Å². The lowest BCUT2D eigenvalue weighted by Gasteiger charge is -2.48. The lowest BCUT2D eigenvalue weighted by molar-refractivity contribution is -0.152. The van der Waals surface area contributed by atoms with E-state index in [1.54, 1.807) is 0 Å². The molecule has 3 nitrogen and oxygen atoms in total. The van der Waals surface area contributed by atoms with Crippen LogP contribution in [0.3, 0.4) is 0 Å². The Morgan fingerprint density at radius 2 is 1.89 bits per heavy atom. The molecular weight excluding hydrogens is 236 g/mol. The van der Waals surface area contributed by atoms with Gasteiger partial charge < -0.3 is 10.6 Å². The van der Waals surface area contributed by atoms with Crippen LogP contribution in [0, 0.1) is 17.3 Å². The Balaban J connectivity index is 2.10. The average molecular weight is 266 g/mol. The first-order chi connectivity index (χ1) is 8.98. The molecule has 2 aliphatic carbocycles. The molecular formula is C16H30N2O. The Kier molecular flexibility index (Phi) is 4.54. The minimum absolute atomic E-state index is 0.225. The maximum Gasteiger partial charge on any atom is 0.230 e. The van der Waals surface area contributed by atoms with E-state index in [2.05, 4.69) is 25.7 Å². The van der Waals surface area contributed by atoms with Gasteiger partial charge in [-0.3, -0.25) is 4.79 Å². The summed E-state index contributed by atoms with van der Waals surface area (Å²) in [5, 5.41) is 0. The predicted octanol–water partition coefficient (Wildman–Crippen LogP) is 2.79. The van der Waals surface area contributed by atoms with Crippen molar-refractivity contribution in [3.8, 4) is 0 Å². The summed E-state index contributed by atoms with van der Waals surface area (Å²) in [5.41, 5.74) is 5.73. The first-order valence-electron chi connectivity index (χ1n) is 7.99. The van der Waals surface area contributed by atoms with Gasteiger partial charge in [0.05, 0.1) is 5.41 Å². The third kappa shape index (κ3) is 2.96. The smallest absolute Gasteiger partial charge is 0.230 e. The molecule has 2 fully saturated rings. The zero-order valence-electron chi connectivity index (χ0n) is 12.8. The lowest BCUT2D eigenvalue weighted by Crippen LogP contribution is -2.57. The molecule has 0 aliphatic heterocycles. The molecule has 3 heteroatoms. The van der Waals surface area contributed by atoms with Crippen molar-refractivity contribution in [1.29, 1.82) is 0 Å². The maximum absolute atomic E-state index is 13.0. The minimum Gasteiger partial charge on any atom is -0.339 e. The van der Waals surface area contributed by atoms with Crippen LogP contribution in [-0.4, -0.2) is 29.9 Å². The number of nitrogens with zero attached hydrogens (tertiary/aromatic N) is 1. The summed E-state index contributed by atoms with van der Waals surface area (Å²) in [4.78, 5) is 15.2. The highest BCUT2D eigenvalue weighted by atomic mass is 16.2. The zero-order valence-corrected chi connectivity index (χ0v) is 12.8. The fourth-order valence-corrected chi connectivity index (χ4v) is 4.01. The Labute approximate surface area is 117 Å². The van der Waals surface area contributed by atoms with E-state index in [1.165, 1.54) is 25.7 Å². The molecule has 110 valence electrons. The van der Waals surface area contributed by atoms with E-state index in [4.69, 9.17) is 5.73 Å². The molecule has 0 aromatic carbocycles. The number of hydrogen-bond donors (Lipinski definition) is 1. The summed E-state index contributed by atoms with van der Waals surface area (Å²) >= 11 is 0. The SMILES string of the molecule is CC(C)CN(C(=O)C1(CN)CC(C)C1)C1CCCC1. The van der Waals surface area contributed by atoms with Gasteiger partial charge in [0.25, 0.3) is 0 Å². The van der Waals surface area contributed by atoms with E-state index >= 15 is 0 Å². The molecule has 2 saturated carbocycles. The Morgan fingerprint density at radius 1 is 1.32 bits per heavy atom. The zero-order chi connectivity index (χ0) is 14.0. The molecule has 2 N–H and O–H groups in total. The van der Waals surface area contributed by atoms with Gasteiger partial charge in [-0.1, -0.05) is 33.6 Å². The Morgan fingerprint density at radius 3 is 2.32 bits per heavy atom. The van der Waals surface area contributed by atoms with E-state index < -0.39 is 0 Å². The molecule has 0 aromatic heterocycles. The summed E-state index contributed by atoms with van der Waals surface area (Å²) < 4.78 is 0. The van der Waals surface area contributed by atoms with Gasteiger partial charge >= 0.3 is 0 Å². The van der Waals surface area contributed by atoms with Crippen LogP contribution in [0.5, 0.6) is 0 Å². The normalized spacial score (nSPS) is 31.5. The molecule has 0 saturated heterocycles. The lowest BCUT2D eigenvalue weighted by atomic mass is 9.61. The van der Waals surface area contributed by atoms with Crippen LogP contribution in [-0.2, 0) is 4.79 Å². The Bertz CT molecular complexity index is 315. The van der Waals surface area contributed by atoms with Crippen molar-refractivity contribution in [2.45, 2.75) is 65.3 Å². The molecule has 0 unspecified atom stereocenters. The van der Waals surface area contributed by atoms with Crippen molar-refractivity contribution >= 4 is 5.91 Å². The van der Waals surface area contributed by atoms with E-state index in [9.17, 15) is 4.79 Å². The third-order valence-corrected chi connectivity index (χ3v) is 4.91. The van der Waals surface area contributed by atoms with Crippen molar-refractivity contribution < 1.29 is 4.79 Å². The Hall–Kier alpha value is -0.570. The van der Waals surface area contributed by atoms with E-state index in [0.29, 0.717) is 30.3 Å². The molecule has 0 atom stereocenters. The van der Waals surface area contributed by atoms with Gasteiger partial charge in [-0.25, -0.2) is 0 Å². The highest BCUT2D eigenvalue weighted by molar-refractivity contribution is 5.84.